The summed E-state index contributed by atoms with van der Waals surface area (Å²) in [5, 5.41) is 2.77. The minimum atomic E-state index is -0.668. The Balaban J connectivity index is 1.27. The molecule has 0 bridgehead atoms. The van der Waals surface area contributed by atoms with Crippen LogP contribution in [0.2, 0.25) is 0 Å². The normalized spacial score (nSPS) is 29.9. The predicted octanol–water partition coefficient (Wildman–Crippen LogP) is 3.17. The Morgan fingerprint density at radius 3 is 2.68 bits per heavy atom. The van der Waals surface area contributed by atoms with Gasteiger partial charge in [0, 0.05) is 36.9 Å². The van der Waals surface area contributed by atoms with Gasteiger partial charge < -0.3 is 15.0 Å². The number of carbonyl (C=O) groups is 2. The third-order valence-electron chi connectivity index (χ3n) is 7.24. The van der Waals surface area contributed by atoms with Gasteiger partial charge in [-0.2, -0.15) is 0 Å². The average molecular weight is 428 g/mol. The number of hydrogen-bond donors (Lipinski definition) is 1. The molecule has 3 heterocycles. The fourth-order valence-corrected chi connectivity index (χ4v) is 5.54. The van der Waals surface area contributed by atoms with Crippen molar-refractivity contribution in [2.24, 2.45) is 0 Å². The van der Waals surface area contributed by atoms with Gasteiger partial charge in [-0.05, 0) is 68.7 Å². The van der Waals surface area contributed by atoms with Crippen LogP contribution in [0.1, 0.15) is 60.9 Å². The first-order valence-corrected chi connectivity index (χ1v) is 11.5. The van der Waals surface area contributed by atoms with Gasteiger partial charge in [-0.15, -0.1) is 0 Å². The van der Waals surface area contributed by atoms with Gasteiger partial charge in [0.05, 0.1) is 0 Å². The van der Waals surface area contributed by atoms with Crippen LogP contribution in [0.3, 0.4) is 0 Å². The fraction of sp³-hybridized carbons (Fsp3) is 0.583. The van der Waals surface area contributed by atoms with Crippen LogP contribution < -0.4 is 10.1 Å². The van der Waals surface area contributed by atoms with Crippen molar-refractivity contribution in [2.75, 3.05) is 13.1 Å². The summed E-state index contributed by atoms with van der Waals surface area (Å²) in [6, 6.07) is 5.53. The largest absolute Gasteiger partial charge is 0.489 e. The lowest BCUT2D eigenvalue weighted by Crippen LogP contribution is -2.49. The van der Waals surface area contributed by atoms with Crippen LogP contribution in [0.25, 0.3) is 0 Å². The highest BCUT2D eigenvalue weighted by Crippen LogP contribution is 2.34. The first-order valence-electron chi connectivity index (χ1n) is 11.5. The first-order chi connectivity index (χ1) is 15.0. The maximum atomic E-state index is 13.5. The van der Waals surface area contributed by atoms with E-state index in [4.69, 9.17) is 4.74 Å². The molecule has 3 fully saturated rings. The quantitative estimate of drug-likeness (QED) is 0.802. The van der Waals surface area contributed by atoms with Gasteiger partial charge in [0.1, 0.15) is 24.1 Å². The Hall–Kier alpha value is -2.41. The van der Waals surface area contributed by atoms with Gasteiger partial charge in [-0.1, -0.05) is 6.58 Å². The van der Waals surface area contributed by atoms with Crippen LogP contribution in [0.4, 0.5) is 4.39 Å². The summed E-state index contributed by atoms with van der Waals surface area (Å²) >= 11 is 0. The second kappa shape index (κ2) is 8.26. The molecule has 31 heavy (non-hydrogen) atoms. The van der Waals surface area contributed by atoms with E-state index in [0.29, 0.717) is 49.5 Å². The van der Waals surface area contributed by atoms with Crippen molar-refractivity contribution in [3.8, 4) is 5.75 Å². The Kier molecular flexibility index (Phi) is 5.46. The Labute approximate surface area is 182 Å². The van der Waals surface area contributed by atoms with Gasteiger partial charge in [0.25, 0.3) is 5.91 Å². The van der Waals surface area contributed by atoms with Crippen molar-refractivity contribution >= 4 is 11.8 Å². The molecule has 5 rings (SSSR count). The number of alkyl halides is 1. The van der Waals surface area contributed by atoms with Crippen LogP contribution in [0.5, 0.6) is 5.75 Å². The smallest absolute Gasteiger partial charge is 0.255 e. The van der Waals surface area contributed by atoms with E-state index in [-0.39, 0.29) is 17.9 Å². The minimum Gasteiger partial charge on any atom is -0.489 e. The van der Waals surface area contributed by atoms with Crippen LogP contribution in [0.15, 0.2) is 30.5 Å². The second-order valence-electron chi connectivity index (χ2n) is 9.26. The molecule has 1 aromatic carbocycles. The number of halogens is 1. The molecule has 1 unspecified atom stereocenters. The van der Waals surface area contributed by atoms with Crippen molar-refractivity contribution in [3.05, 3.63) is 41.6 Å². The number of hydrogen-bond acceptors (Lipinski definition) is 4. The fourth-order valence-electron chi connectivity index (χ4n) is 5.54. The van der Waals surface area contributed by atoms with Crippen molar-refractivity contribution in [3.63, 3.8) is 0 Å². The summed E-state index contributed by atoms with van der Waals surface area (Å²) in [6.07, 6.45) is 5.14. The van der Waals surface area contributed by atoms with Crippen LogP contribution in [0, 0.1) is 0 Å². The third kappa shape index (κ3) is 3.95. The highest BCUT2D eigenvalue weighted by Gasteiger charge is 2.39. The molecule has 1 aromatic rings. The molecule has 4 aliphatic rings. The van der Waals surface area contributed by atoms with E-state index in [0.717, 1.165) is 43.7 Å². The number of piperidine rings is 2. The number of nitrogens with one attached hydrogen (secondary N) is 1. The van der Waals surface area contributed by atoms with Gasteiger partial charge in [0.2, 0.25) is 5.91 Å². The topological polar surface area (TPSA) is 61.9 Å². The number of ether oxygens (including phenoxy) is 1. The van der Waals surface area contributed by atoms with Gasteiger partial charge in [0.15, 0.2) is 0 Å². The monoisotopic (exact) mass is 427 g/mol. The molecular weight excluding hydrogens is 397 g/mol. The standard InChI is InChI=1S/C24H30FN3O3/c1-15-5-8-21(23(29)26-15)28-14-16-13-18(6-7-19(16)24(28)30)31-22-4-2-3-20(22)27-11-9-17(25)10-12-27/h6-7,13,17,20-22H,1-5,8-12,14H2,(H,26,29)/t20-,21?,22+/m0/s1. The molecule has 2 amide bonds. The highest BCUT2D eigenvalue weighted by atomic mass is 19.1. The number of amides is 2. The Morgan fingerprint density at radius 1 is 1.10 bits per heavy atom. The number of allylic oxidation sites excluding steroid dienone is 1. The minimum absolute atomic E-state index is 0.0950. The summed E-state index contributed by atoms with van der Waals surface area (Å²) in [4.78, 5) is 29.3. The zero-order valence-corrected chi connectivity index (χ0v) is 17.8. The van der Waals surface area contributed by atoms with E-state index in [1.54, 1.807) is 4.90 Å². The van der Waals surface area contributed by atoms with E-state index in [1.165, 1.54) is 0 Å². The molecule has 3 aliphatic heterocycles. The molecule has 1 N–H and O–H groups in total. The number of rotatable bonds is 4. The number of nitrogens with zero attached hydrogens (tertiary/aromatic N) is 2. The molecule has 3 atom stereocenters. The van der Waals surface area contributed by atoms with Crippen LogP contribution in [-0.4, -0.2) is 59.1 Å². The predicted molar refractivity (Wildman–Crippen MR) is 114 cm³/mol. The number of carbonyl (C=O) groups excluding carboxylic acids is 2. The molecule has 0 radical (unpaired) electrons. The number of benzene rings is 1. The summed E-state index contributed by atoms with van der Waals surface area (Å²) in [6.45, 7) is 5.84. The molecule has 0 spiro atoms. The van der Waals surface area contributed by atoms with Crippen molar-refractivity contribution < 1.29 is 18.7 Å². The van der Waals surface area contributed by atoms with E-state index >= 15 is 0 Å². The maximum Gasteiger partial charge on any atom is 0.255 e. The Bertz CT molecular complexity index is 896. The van der Waals surface area contributed by atoms with Gasteiger partial charge >= 0.3 is 0 Å². The zero-order chi connectivity index (χ0) is 21.5. The molecule has 166 valence electrons. The van der Waals surface area contributed by atoms with E-state index in [9.17, 15) is 14.0 Å². The van der Waals surface area contributed by atoms with Crippen molar-refractivity contribution in [1.29, 1.82) is 0 Å². The maximum absolute atomic E-state index is 13.5. The summed E-state index contributed by atoms with van der Waals surface area (Å²) in [5.41, 5.74) is 2.27. The number of likely N-dealkylation sites (tertiary alicyclic amines) is 1. The lowest BCUT2D eigenvalue weighted by atomic mass is 10.0. The van der Waals surface area contributed by atoms with Gasteiger partial charge in [-0.3, -0.25) is 14.5 Å². The molecule has 2 saturated heterocycles. The average Bonchev–Trinajstić information content (AvgIpc) is 3.33. The molecule has 1 aliphatic carbocycles. The second-order valence-corrected chi connectivity index (χ2v) is 9.26. The third-order valence-corrected chi connectivity index (χ3v) is 7.24. The molecule has 0 aromatic heterocycles. The van der Waals surface area contributed by atoms with Crippen LogP contribution in [-0.2, 0) is 11.3 Å². The van der Waals surface area contributed by atoms with Crippen LogP contribution >= 0.6 is 0 Å². The summed E-state index contributed by atoms with van der Waals surface area (Å²) < 4.78 is 19.9. The van der Waals surface area contributed by atoms with Gasteiger partial charge in [-0.25, -0.2) is 4.39 Å². The molecule has 6 nitrogen and oxygen atoms in total. The summed E-state index contributed by atoms with van der Waals surface area (Å²) in [5.74, 6) is 0.522. The highest BCUT2D eigenvalue weighted by molar-refractivity contribution is 6.01. The van der Waals surface area contributed by atoms with E-state index in [1.807, 2.05) is 18.2 Å². The molecular formula is C24H30FN3O3. The van der Waals surface area contributed by atoms with Crippen molar-refractivity contribution in [2.45, 2.75) is 75.8 Å². The lowest BCUT2D eigenvalue weighted by molar-refractivity contribution is -0.126. The first kappa shape index (κ1) is 20.5. The molecule has 1 saturated carbocycles. The Morgan fingerprint density at radius 2 is 1.90 bits per heavy atom. The zero-order valence-electron chi connectivity index (χ0n) is 17.8. The lowest BCUT2D eigenvalue weighted by Gasteiger charge is -2.36. The molecule has 7 heteroatoms. The number of fused-ring (bicyclic) bond motifs is 1. The van der Waals surface area contributed by atoms with E-state index < -0.39 is 12.2 Å². The SMILES string of the molecule is C=C1CCC(N2Cc3cc(O[C@@H]4CCC[C@@H]4N4CCC(F)CC4)ccc3C2=O)C(=O)N1. The summed E-state index contributed by atoms with van der Waals surface area (Å²) in [7, 11) is 0. The van der Waals surface area contributed by atoms with Crippen molar-refractivity contribution in [1.82, 2.24) is 15.1 Å². The van der Waals surface area contributed by atoms with E-state index in [2.05, 4.69) is 16.8 Å².